The monoisotopic (exact) mass is 252 g/mol. The van der Waals surface area contributed by atoms with Crippen LogP contribution in [0.15, 0.2) is 36.9 Å². The minimum atomic E-state index is -1.38. The molecule has 0 spiro atoms. The average molecular weight is 252 g/mol. The second-order valence-electron chi connectivity index (χ2n) is 4.24. The van der Waals surface area contributed by atoms with Gasteiger partial charge in [-0.3, -0.25) is 0 Å². The molecule has 2 aromatic rings. The summed E-state index contributed by atoms with van der Waals surface area (Å²) in [5, 5.41) is 10.5. The number of halogens is 2. The van der Waals surface area contributed by atoms with E-state index in [1.807, 2.05) is 0 Å². The highest BCUT2D eigenvalue weighted by Crippen LogP contribution is 2.29. The zero-order valence-corrected chi connectivity index (χ0v) is 9.98. The summed E-state index contributed by atoms with van der Waals surface area (Å²) in [5.41, 5.74) is -1.28. The van der Waals surface area contributed by atoms with Gasteiger partial charge in [0.1, 0.15) is 17.2 Å². The number of aliphatic hydroxyl groups is 1. The van der Waals surface area contributed by atoms with Crippen molar-refractivity contribution >= 4 is 0 Å². The van der Waals surface area contributed by atoms with E-state index in [0.29, 0.717) is 6.42 Å². The fourth-order valence-corrected chi connectivity index (χ4v) is 1.94. The molecule has 1 atom stereocenters. The first-order valence-corrected chi connectivity index (χ1v) is 5.69. The highest BCUT2D eigenvalue weighted by molar-refractivity contribution is 5.25. The Hall–Kier alpha value is -1.75. The predicted octanol–water partition coefficient (Wildman–Crippen LogP) is 2.46. The third-order valence-electron chi connectivity index (χ3n) is 3.02. The van der Waals surface area contributed by atoms with Gasteiger partial charge in [0.05, 0.1) is 12.9 Å². The molecule has 1 aromatic carbocycles. The number of benzene rings is 1. The van der Waals surface area contributed by atoms with Crippen molar-refractivity contribution in [3.63, 3.8) is 0 Å². The van der Waals surface area contributed by atoms with Gasteiger partial charge in [-0.05, 0) is 12.5 Å². The van der Waals surface area contributed by atoms with Gasteiger partial charge in [-0.15, -0.1) is 0 Å². The number of hydrogen-bond donors (Lipinski definition) is 1. The summed E-state index contributed by atoms with van der Waals surface area (Å²) in [4.78, 5) is 3.87. The van der Waals surface area contributed by atoms with Crippen molar-refractivity contribution in [3.8, 4) is 0 Å². The van der Waals surface area contributed by atoms with Gasteiger partial charge in [0.2, 0.25) is 0 Å². The molecule has 0 amide bonds. The van der Waals surface area contributed by atoms with Gasteiger partial charge in [0.15, 0.2) is 0 Å². The van der Waals surface area contributed by atoms with Crippen LogP contribution in [-0.4, -0.2) is 14.7 Å². The lowest BCUT2D eigenvalue weighted by Gasteiger charge is -2.28. The Kier molecular flexibility index (Phi) is 3.43. The first-order valence-electron chi connectivity index (χ1n) is 5.69. The highest BCUT2D eigenvalue weighted by Gasteiger charge is 2.30. The SMILES string of the molecule is CC[C@](O)(Cn1ccnc1)c1ccc(F)cc1F. The fourth-order valence-electron chi connectivity index (χ4n) is 1.94. The van der Waals surface area contributed by atoms with E-state index < -0.39 is 17.2 Å². The molecule has 18 heavy (non-hydrogen) atoms. The van der Waals surface area contributed by atoms with E-state index in [-0.39, 0.29) is 12.1 Å². The van der Waals surface area contributed by atoms with E-state index in [9.17, 15) is 13.9 Å². The minimum Gasteiger partial charge on any atom is -0.383 e. The van der Waals surface area contributed by atoms with Crippen molar-refractivity contribution in [1.29, 1.82) is 0 Å². The van der Waals surface area contributed by atoms with Crippen LogP contribution in [0.2, 0.25) is 0 Å². The van der Waals surface area contributed by atoms with Crippen molar-refractivity contribution in [3.05, 3.63) is 54.1 Å². The maximum atomic E-state index is 13.7. The number of imidazole rings is 1. The minimum absolute atomic E-state index is 0.0973. The van der Waals surface area contributed by atoms with Crippen LogP contribution >= 0.6 is 0 Å². The molecule has 0 bridgehead atoms. The molecule has 0 fully saturated rings. The van der Waals surface area contributed by atoms with Crippen LogP contribution < -0.4 is 0 Å². The molecule has 0 saturated carbocycles. The van der Waals surface area contributed by atoms with E-state index in [2.05, 4.69) is 4.98 Å². The predicted molar refractivity (Wildman–Crippen MR) is 62.8 cm³/mol. The molecular weight excluding hydrogens is 238 g/mol. The largest absolute Gasteiger partial charge is 0.383 e. The molecule has 1 heterocycles. The summed E-state index contributed by atoms with van der Waals surface area (Å²) in [7, 11) is 0. The van der Waals surface area contributed by atoms with E-state index in [0.717, 1.165) is 12.1 Å². The topological polar surface area (TPSA) is 38.0 Å². The van der Waals surface area contributed by atoms with Crippen molar-refractivity contribution in [1.82, 2.24) is 9.55 Å². The van der Waals surface area contributed by atoms with Crippen molar-refractivity contribution in [2.45, 2.75) is 25.5 Å². The first-order chi connectivity index (χ1) is 8.55. The van der Waals surface area contributed by atoms with Crippen molar-refractivity contribution in [2.75, 3.05) is 0 Å². The van der Waals surface area contributed by atoms with Gasteiger partial charge in [0, 0.05) is 24.0 Å². The van der Waals surface area contributed by atoms with E-state index >= 15 is 0 Å². The summed E-state index contributed by atoms with van der Waals surface area (Å²) in [6, 6.07) is 3.21. The van der Waals surface area contributed by atoms with Gasteiger partial charge >= 0.3 is 0 Å². The molecule has 0 unspecified atom stereocenters. The van der Waals surface area contributed by atoms with Crippen LogP contribution in [0.25, 0.3) is 0 Å². The van der Waals surface area contributed by atoms with Gasteiger partial charge in [-0.1, -0.05) is 13.0 Å². The zero-order chi connectivity index (χ0) is 13.2. The fraction of sp³-hybridized carbons (Fsp3) is 0.308. The molecule has 3 nitrogen and oxygen atoms in total. The molecule has 2 rings (SSSR count). The third-order valence-corrected chi connectivity index (χ3v) is 3.02. The molecule has 1 aromatic heterocycles. The van der Waals surface area contributed by atoms with Crippen LogP contribution in [0.4, 0.5) is 8.78 Å². The maximum Gasteiger partial charge on any atom is 0.132 e. The summed E-state index contributed by atoms with van der Waals surface area (Å²) < 4.78 is 28.3. The molecule has 0 aliphatic heterocycles. The Balaban J connectivity index is 2.36. The lowest BCUT2D eigenvalue weighted by Crippen LogP contribution is -2.31. The molecule has 5 heteroatoms. The first kappa shape index (κ1) is 12.7. The number of hydrogen-bond acceptors (Lipinski definition) is 2. The van der Waals surface area contributed by atoms with Gasteiger partial charge in [-0.2, -0.15) is 0 Å². The van der Waals surface area contributed by atoms with Gasteiger partial charge in [0.25, 0.3) is 0 Å². The molecule has 1 N–H and O–H groups in total. The smallest absolute Gasteiger partial charge is 0.132 e. The third kappa shape index (κ3) is 2.41. The summed E-state index contributed by atoms with van der Waals surface area (Å²) in [6.45, 7) is 1.92. The van der Waals surface area contributed by atoms with Crippen LogP contribution in [0.5, 0.6) is 0 Å². The van der Waals surface area contributed by atoms with Crippen molar-refractivity contribution in [2.24, 2.45) is 0 Å². The lowest BCUT2D eigenvalue weighted by molar-refractivity contribution is 0.0109. The van der Waals surface area contributed by atoms with Crippen molar-refractivity contribution < 1.29 is 13.9 Å². The molecule has 0 aliphatic rings. The molecule has 0 saturated heterocycles. The normalized spacial score (nSPS) is 14.4. The van der Waals surface area contributed by atoms with E-state index in [4.69, 9.17) is 0 Å². The Morgan fingerprint density at radius 1 is 1.39 bits per heavy atom. The Morgan fingerprint density at radius 2 is 2.17 bits per heavy atom. The Bertz CT molecular complexity index is 528. The van der Waals surface area contributed by atoms with Crippen LogP contribution in [-0.2, 0) is 12.1 Å². The average Bonchev–Trinajstić information content (AvgIpc) is 2.81. The van der Waals surface area contributed by atoms with Gasteiger partial charge in [-0.25, -0.2) is 13.8 Å². The number of nitrogens with zero attached hydrogens (tertiary/aromatic N) is 2. The molecule has 96 valence electrons. The summed E-state index contributed by atoms with van der Waals surface area (Å²) in [6.07, 6.45) is 5.12. The zero-order valence-electron chi connectivity index (χ0n) is 9.98. The van der Waals surface area contributed by atoms with E-state index in [1.54, 1.807) is 30.2 Å². The highest BCUT2D eigenvalue weighted by atomic mass is 19.1. The standard InChI is InChI=1S/C13H14F2N2O/c1-2-13(18,8-17-6-5-16-9-17)11-4-3-10(14)7-12(11)15/h3-7,9,18H,2,8H2,1H3/t13-/m0/s1. The van der Waals surface area contributed by atoms with Crippen LogP contribution in [0, 0.1) is 11.6 Å². The Labute approximate surface area is 104 Å². The molecule has 0 aliphatic carbocycles. The lowest BCUT2D eigenvalue weighted by atomic mass is 9.90. The van der Waals surface area contributed by atoms with Gasteiger partial charge < -0.3 is 9.67 Å². The second kappa shape index (κ2) is 4.86. The van der Waals surface area contributed by atoms with E-state index in [1.165, 1.54) is 6.07 Å². The maximum absolute atomic E-state index is 13.7. The van der Waals surface area contributed by atoms with Crippen LogP contribution in [0.3, 0.4) is 0 Å². The molecular formula is C13H14F2N2O. The van der Waals surface area contributed by atoms with Crippen LogP contribution in [0.1, 0.15) is 18.9 Å². The summed E-state index contributed by atoms with van der Waals surface area (Å²) in [5.74, 6) is -1.39. The molecule has 0 radical (unpaired) electrons. The summed E-state index contributed by atoms with van der Waals surface area (Å²) >= 11 is 0. The number of aromatic nitrogens is 2. The quantitative estimate of drug-likeness (QED) is 0.907. The number of rotatable bonds is 4. The Morgan fingerprint density at radius 3 is 2.72 bits per heavy atom. The second-order valence-corrected chi connectivity index (χ2v) is 4.24.